The van der Waals surface area contributed by atoms with Crippen LogP contribution in [0.15, 0.2) is 18.2 Å². The van der Waals surface area contributed by atoms with Crippen LogP contribution in [0.25, 0.3) is 0 Å². The van der Waals surface area contributed by atoms with Crippen molar-refractivity contribution < 1.29 is 15.0 Å². The molecular weight excluding hydrogens is 458 g/mol. The van der Waals surface area contributed by atoms with Crippen molar-refractivity contribution in [3.63, 3.8) is 0 Å². The highest BCUT2D eigenvalue weighted by atomic mass is 16.3. The zero-order chi connectivity index (χ0) is 25.9. The first-order chi connectivity index (χ1) is 17.7. The number of aryl methyl sites for hydroxylation is 2. The Morgan fingerprint density at radius 3 is 2.65 bits per heavy atom. The van der Waals surface area contributed by atoms with Gasteiger partial charge in [-0.15, -0.1) is 0 Å². The molecule has 0 spiro atoms. The summed E-state index contributed by atoms with van der Waals surface area (Å²) in [4.78, 5) is 15.3. The first kappa shape index (κ1) is 25.9. The number of aliphatic hydroxyl groups is 2. The summed E-state index contributed by atoms with van der Waals surface area (Å²) in [5.41, 5.74) is 4.34. The summed E-state index contributed by atoms with van der Waals surface area (Å²) in [6, 6.07) is 6.54. The van der Waals surface area contributed by atoms with Crippen molar-refractivity contribution in [1.29, 1.82) is 0 Å². The maximum Gasteiger partial charge on any atom is 0.226 e. The standard InChI is InChI=1S/C33H49NO3/c1-21-9-12-28-22(18-21)6-5-17-34(28)30(37)8-4-7-23-10-11-26-31-27(14-16-32(23,26)2)33(3)15-13-25(35)19-24(33)20-29(31)36/h9,12,18,23-27,29,31,35-36H,4-8,10-11,13-17,19-20H2,1-3H3/t23?,24?,25-,26?,27?,29?,31?,32?,33?/m1/s1. The molecule has 4 heteroatoms. The molecule has 2 N–H and O–H groups in total. The Kier molecular flexibility index (Phi) is 6.75. The largest absolute Gasteiger partial charge is 0.393 e. The van der Waals surface area contributed by atoms with E-state index >= 15 is 0 Å². The van der Waals surface area contributed by atoms with Crippen LogP contribution in [0, 0.1) is 47.3 Å². The van der Waals surface area contributed by atoms with Gasteiger partial charge in [0.2, 0.25) is 5.91 Å². The van der Waals surface area contributed by atoms with Gasteiger partial charge in [-0.25, -0.2) is 0 Å². The van der Waals surface area contributed by atoms with Crippen LogP contribution in [0.1, 0.15) is 102 Å². The van der Waals surface area contributed by atoms with Crippen LogP contribution >= 0.6 is 0 Å². The molecule has 0 radical (unpaired) electrons. The lowest BCUT2D eigenvalue weighted by Gasteiger charge is -2.62. The number of fused-ring (bicyclic) bond motifs is 6. The Labute approximate surface area is 224 Å². The third kappa shape index (κ3) is 4.29. The van der Waals surface area contributed by atoms with Crippen LogP contribution in [0.3, 0.4) is 0 Å². The highest BCUT2D eigenvalue weighted by Gasteiger charge is 2.62. The maximum absolute atomic E-state index is 13.3. The van der Waals surface area contributed by atoms with E-state index in [1.54, 1.807) is 0 Å². The second-order valence-corrected chi connectivity index (χ2v) is 14.2. The average Bonchev–Trinajstić information content (AvgIpc) is 3.20. The summed E-state index contributed by atoms with van der Waals surface area (Å²) >= 11 is 0. The van der Waals surface area contributed by atoms with Crippen molar-refractivity contribution in [2.24, 2.45) is 40.4 Å². The van der Waals surface area contributed by atoms with Gasteiger partial charge >= 0.3 is 0 Å². The number of aliphatic hydroxyl groups excluding tert-OH is 2. The summed E-state index contributed by atoms with van der Waals surface area (Å²) in [5, 5.41) is 21.8. The third-order valence-electron chi connectivity index (χ3n) is 12.4. The van der Waals surface area contributed by atoms with Gasteiger partial charge in [0.1, 0.15) is 0 Å². The number of hydrogen-bond donors (Lipinski definition) is 2. The van der Waals surface area contributed by atoms with Gasteiger partial charge in [0.15, 0.2) is 0 Å². The van der Waals surface area contributed by atoms with Gasteiger partial charge in [-0.1, -0.05) is 31.5 Å². The van der Waals surface area contributed by atoms with Gasteiger partial charge in [-0.2, -0.15) is 0 Å². The lowest BCUT2D eigenvalue weighted by atomic mass is 9.44. The van der Waals surface area contributed by atoms with E-state index < -0.39 is 0 Å². The van der Waals surface area contributed by atoms with Crippen molar-refractivity contribution in [3.8, 4) is 0 Å². The molecule has 6 rings (SSSR count). The molecular formula is C33H49NO3. The average molecular weight is 508 g/mol. The van der Waals surface area contributed by atoms with Crippen molar-refractivity contribution >= 4 is 11.6 Å². The first-order valence-corrected chi connectivity index (χ1v) is 15.5. The molecule has 1 amide bonds. The molecule has 204 valence electrons. The second kappa shape index (κ2) is 9.66. The molecule has 8 unspecified atom stereocenters. The Bertz CT molecular complexity index is 1020. The molecule has 4 saturated carbocycles. The summed E-state index contributed by atoms with van der Waals surface area (Å²) in [7, 11) is 0. The fraction of sp³-hybridized carbons (Fsp3) is 0.788. The lowest BCUT2D eigenvalue weighted by molar-refractivity contribution is -0.172. The topological polar surface area (TPSA) is 60.8 Å². The van der Waals surface area contributed by atoms with Crippen LogP contribution in [0.4, 0.5) is 5.69 Å². The van der Waals surface area contributed by atoms with Gasteiger partial charge in [0, 0.05) is 18.7 Å². The van der Waals surface area contributed by atoms with Crippen molar-refractivity contribution in [2.75, 3.05) is 11.4 Å². The zero-order valence-electron chi connectivity index (χ0n) is 23.4. The zero-order valence-corrected chi connectivity index (χ0v) is 23.4. The number of nitrogens with zero attached hydrogens (tertiary/aromatic N) is 1. The Hall–Kier alpha value is -1.39. The maximum atomic E-state index is 13.3. The van der Waals surface area contributed by atoms with Crippen LogP contribution < -0.4 is 4.90 Å². The number of carbonyl (C=O) groups is 1. The minimum Gasteiger partial charge on any atom is -0.393 e. The summed E-state index contributed by atoms with van der Waals surface area (Å²) < 4.78 is 0. The quantitative estimate of drug-likeness (QED) is 0.493. The predicted molar refractivity (Wildman–Crippen MR) is 148 cm³/mol. The van der Waals surface area contributed by atoms with E-state index in [9.17, 15) is 15.0 Å². The van der Waals surface area contributed by atoms with Crippen LogP contribution in [-0.4, -0.2) is 34.9 Å². The lowest BCUT2D eigenvalue weighted by Crippen LogP contribution is -2.58. The van der Waals surface area contributed by atoms with Crippen molar-refractivity contribution in [3.05, 3.63) is 29.3 Å². The fourth-order valence-corrected chi connectivity index (χ4v) is 10.4. The van der Waals surface area contributed by atoms with Crippen LogP contribution in [-0.2, 0) is 11.2 Å². The van der Waals surface area contributed by atoms with E-state index in [2.05, 4.69) is 43.9 Å². The number of hydrogen-bond acceptors (Lipinski definition) is 3. The molecule has 0 saturated heterocycles. The second-order valence-electron chi connectivity index (χ2n) is 14.2. The molecule has 9 atom stereocenters. The van der Waals surface area contributed by atoms with Gasteiger partial charge in [-0.05, 0) is 136 Å². The molecule has 5 aliphatic rings. The van der Waals surface area contributed by atoms with E-state index in [4.69, 9.17) is 0 Å². The number of amides is 1. The molecule has 1 aliphatic heterocycles. The number of carbonyl (C=O) groups excluding carboxylic acids is 1. The number of rotatable bonds is 4. The monoisotopic (exact) mass is 507 g/mol. The van der Waals surface area contributed by atoms with Gasteiger partial charge < -0.3 is 15.1 Å². The highest BCUT2D eigenvalue weighted by Crippen LogP contribution is 2.67. The smallest absolute Gasteiger partial charge is 0.226 e. The molecule has 4 fully saturated rings. The molecule has 4 nitrogen and oxygen atoms in total. The molecule has 1 aromatic carbocycles. The third-order valence-corrected chi connectivity index (χ3v) is 12.4. The molecule has 4 aliphatic carbocycles. The van der Waals surface area contributed by atoms with Gasteiger partial charge in [0.05, 0.1) is 12.2 Å². The fourth-order valence-electron chi connectivity index (χ4n) is 10.4. The molecule has 0 aromatic heterocycles. The van der Waals surface area contributed by atoms with E-state index in [0.29, 0.717) is 47.3 Å². The molecule has 1 aromatic rings. The molecule has 1 heterocycles. The predicted octanol–water partition coefficient (Wildman–Crippen LogP) is 6.44. The summed E-state index contributed by atoms with van der Waals surface area (Å²) in [6.07, 6.45) is 13.4. The van der Waals surface area contributed by atoms with E-state index in [1.165, 1.54) is 36.8 Å². The van der Waals surface area contributed by atoms with E-state index in [1.807, 2.05) is 0 Å². The number of benzene rings is 1. The SMILES string of the molecule is Cc1ccc2c(c1)CCCN2C(=O)CCCC1CCC2C3C(O)CC4C[C@H](O)CCC4(C)C3CCC12C. The number of anilines is 1. The van der Waals surface area contributed by atoms with Gasteiger partial charge in [-0.3, -0.25) is 4.79 Å². The van der Waals surface area contributed by atoms with Crippen molar-refractivity contribution in [2.45, 2.75) is 116 Å². The summed E-state index contributed by atoms with van der Waals surface area (Å²) in [5.74, 6) is 3.10. The Morgan fingerprint density at radius 1 is 1.03 bits per heavy atom. The van der Waals surface area contributed by atoms with Crippen molar-refractivity contribution in [1.82, 2.24) is 0 Å². The first-order valence-electron chi connectivity index (χ1n) is 15.5. The molecule has 37 heavy (non-hydrogen) atoms. The summed E-state index contributed by atoms with van der Waals surface area (Å²) in [6.45, 7) is 8.01. The van der Waals surface area contributed by atoms with Crippen LogP contribution in [0.5, 0.6) is 0 Å². The Balaban J connectivity index is 1.10. The molecule has 0 bridgehead atoms. The minimum atomic E-state index is -0.207. The Morgan fingerprint density at radius 2 is 1.81 bits per heavy atom. The minimum absolute atomic E-state index is 0.170. The van der Waals surface area contributed by atoms with E-state index in [-0.39, 0.29) is 17.6 Å². The van der Waals surface area contributed by atoms with Gasteiger partial charge in [0.25, 0.3) is 0 Å². The van der Waals surface area contributed by atoms with E-state index in [0.717, 1.165) is 63.6 Å². The van der Waals surface area contributed by atoms with Crippen LogP contribution in [0.2, 0.25) is 0 Å². The highest BCUT2D eigenvalue weighted by molar-refractivity contribution is 5.94. The normalized spacial score (nSPS) is 42.9.